The van der Waals surface area contributed by atoms with E-state index in [1.165, 1.54) is 24.3 Å². The topological polar surface area (TPSA) is 89.3 Å². The smallest absolute Gasteiger partial charge is 0.248 e. The molecular weight excluding hydrogens is 240 g/mol. The molecule has 0 saturated heterocycles. The molecule has 17 heavy (non-hydrogen) atoms. The average molecular weight is 254 g/mol. The molecule has 1 amide bonds. The number of nitrogens with two attached hydrogens (primary N) is 1. The van der Waals surface area contributed by atoms with E-state index in [1.54, 1.807) is 6.92 Å². The van der Waals surface area contributed by atoms with Crippen molar-refractivity contribution in [1.82, 2.24) is 4.72 Å². The van der Waals surface area contributed by atoms with Crippen LogP contribution in [0.2, 0.25) is 0 Å². The predicted octanol–water partition coefficient (Wildman–Crippen LogP) is 0.640. The summed E-state index contributed by atoms with van der Waals surface area (Å²) >= 11 is 0. The molecule has 3 N–H and O–H groups in total. The van der Waals surface area contributed by atoms with Crippen LogP contribution < -0.4 is 10.5 Å². The van der Waals surface area contributed by atoms with Gasteiger partial charge in [0.15, 0.2) is 0 Å². The lowest BCUT2D eigenvalue weighted by Gasteiger charge is -2.06. The van der Waals surface area contributed by atoms with Gasteiger partial charge in [-0.15, -0.1) is 0 Å². The van der Waals surface area contributed by atoms with Crippen LogP contribution in [0, 0.1) is 0 Å². The average Bonchev–Trinajstić information content (AvgIpc) is 2.27. The van der Waals surface area contributed by atoms with Gasteiger partial charge in [0.25, 0.3) is 0 Å². The summed E-state index contributed by atoms with van der Waals surface area (Å²) in [5.41, 5.74) is 6.03. The van der Waals surface area contributed by atoms with Gasteiger partial charge in [-0.3, -0.25) is 4.79 Å². The Labute approximate surface area is 100 Å². The molecule has 1 aromatic rings. The van der Waals surface area contributed by atoms with E-state index >= 15 is 0 Å². The Morgan fingerprint density at radius 3 is 2.29 bits per heavy atom. The van der Waals surface area contributed by atoms with Crippen molar-refractivity contribution < 1.29 is 13.2 Å². The largest absolute Gasteiger partial charge is 0.366 e. The van der Waals surface area contributed by atoms with Crippen molar-refractivity contribution in [3.05, 3.63) is 42.0 Å². The van der Waals surface area contributed by atoms with Crippen LogP contribution in [0.4, 0.5) is 0 Å². The van der Waals surface area contributed by atoms with Gasteiger partial charge >= 0.3 is 0 Å². The Morgan fingerprint density at radius 1 is 1.35 bits per heavy atom. The standard InChI is InChI=1S/C11H14N2O3S/c1-8(2)7-13-17(15,16)10-5-3-9(4-6-10)11(12)14/h3-6,13H,1,7H2,2H3,(H2,12,14). The number of nitrogens with one attached hydrogen (secondary N) is 1. The second-order valence-corrected chi connectivity index (χ2v) is 5.44. The van der Waals surface area contributed by atoms with Gasteiger partial charge in [-0.25, -0.2) is 13.1 Å². The summed E-state index contributed by atoms with van der Waals surface area (Å²) in [6, 6.07) is 5.41. The summed E-state index contributed by atoms with van der Waals surface area (Å²) in [6.07, 6.45) is 0. The van der Waals surface area contributed by atoms with Gasteiger partial charge in [0.1, 0.15) is 0 Å². The molecule has 0 heterocycles. The molecule has 0 saturated carbocycles. The molecule has 1 aromatic carbocycles. The second kappa shape index (κ2) is 5.11. The third-order valence-electron chi connectivity index (χ3n) is 2.01. The van der Waals surface area contributed by atoms with Crippen molar-refractivity contribution in [3.63, 3.8) is 0 Å². The number of primary amides is 1. The zero-order valence-corrected chi connectivity index (χ0v) is 10.3. The lowest BCUT2D eigenvalue weighted by atomic mass is 10.2. The van der Waals surface area contributed by atoms with E-state index < -0.39 is 15.9 Å². The predicted molar refractivity (Wildman–Crippen MR) is 65.0 cm³/mol. The maximum Gasteiger partial charge on any atom is 0.248 e. The quantitative estimate of drug-likeness (QED) is 0.756. The van der Waals surface area contributed by atoms with Crippen LogP contribution in [-0.4, -0.2) is 20.9 Å². The zero-order valence-electron chi connectivity index (χ0n) is 9.43. The van der Waals surface area contributed by atoms with Crippen LogP contribution in [0.25, 0.3) is 0 Å². The summed E-state index contributed by atoms with van der Waals surface area (Å²) in [7, 11) is -3.56. The van der Waals surface area contributed by atoms with Crippen LogP contribution in [0.1, 0.15) is 17.3 Å². The molecule has 0 bridgehead atoms. The monoisotopic (exact) mass is 254 g/mol. The number of hydrogen-bond donors (Lipinski definition) is 2. The fourth-order valence-electron chi connectivity index (χ4n) is 1.10. The normalized spacial score (nSPS) is 11.1. The van der Waals surface area contributed by atoms with Crippen molar-refractivity contribution in [1.29, 1.82) is 0 Å². The fraction of sp³-hybridized carbons (Fsp3) is 0.182. The minimum atomic E-state index is -3.56. The fourth-order valence-corrected chi connectivity index (χ4v) is 2.20. The highest BCUT2D eigenvalue weighted by Gasteiger charge is 2.13. The minimum absolute atomic E-state index is 0.0868. The Kier molecular flexibility index (Phi) is 4.03. The van der Waals surface area contributed by atoms with Crippen molar-refractivity contribution in [2.45, 2.75) is 11.8 Å². The Hall–Kier alpha value is -1.66. The second-order valence-electron chi connectivity index (χ2n) is 3.67. The van der Waals surface area contributed by atoms with Gasteiger partial charge in [0, 0.05) is 12.1 Å². The highest BCUT2D eigenvalue weighted by Crippen LogP contribution is 2.10. The molecule has 5 nitrogen and oxygen atoms in total. The lowest BCUT2D eigenvalue weighted by molar-refractivity contribution is 0.1000. The molecule has 0 aromatic heterocycles. The maximum absolute atomic E-state index is 11.7. The summed E-state index contributed by atoms with van der Waals surface area (Å²) in [6.45, 7) is 5.50. The number of amides is 1. The maximum atomic E-state index is 11.7. The lowest BCUT2D eigenvalue weighted by Crippen LogP contribution is -2.25. The first kappa shape index (κ1) is 13.4. The number of carbonyl (C=O) groups is 1. The number of carbonyl (C=O) groups excluding carboxylic acids is 1. The van der Waals surface area contributed by atoms with E-state index in [0.717, 1.165) is 0 Å². The van der Waals surface area contributed by atoms with E-state index in [-0.39, 0.29) is 17.0 Å². The summed E-state index contributed by atoms with van der Waals surface area (Å²) in [5.74, 6) is -0.594. The van der Waals surface area contributed by atoms with Crippen molar-refractivity contribution in [2.24, 2.45) is 5.73 Å². The van der Waals surface area contributed by atoms with E-state index in [4.69, 9.17) is 5.73 Å². The molecule has 0 aliphatic heterocycles. The van der Waals surface area contributed by atoms with Gasteiger partial charge in [0.05, 0.1) is 4.90 Å². The van der Waals surface area contributed by atoms with E-state index in [1.807, 2.05) is 0 Å². The third kappa shape index (κ3) is 3.69. The molecule has 0 atom stereocenters. The molecule has 0 aliphatic carbocycles. The first-order valence-electron chi connectivity index (χ1n) is 4.87. The summed E-state index contributed by atoms with van der Waals surface area (Å²) in [4.78, 5) is 10.9. The van der Waals surface area contributed by atoms with Crippen molar-refractivity contribution >= 4 is 15.9 Å². The molecule has 1 rings (SSSR count). The van der Waals surface area contributed by atoms with Gasteiger partial charge in [-0.1, -0.05) is 12.2 Å². The minimum Gasteiger partial charge on any atom is -0.366 e. The van der Waals surface area contributed by atoms with Crippen molar-refractivity contribution in [3.8, 4) is 0 Å². The molecule has 0 unspecified atom stereocenters. The van der Waals surface area contributed by atoms with Crippen molar-refractivity contribution in [2.75, 3.05) is 6.54 Å². The molecule has 0 aliphatic rings. The van der Waals surface area contributed by atoms with Crippen LogP contribution in [0.3, 0.4) is 0 Å². The van der Waals surface area contributed by atoms with E-state index in [2.05, 4.69) is 11.3 Å². The number of rotatable bonds is 5. The molecular formula is C11H14N2O3S. The van der Waals surface area contributed by atoms with Crippen LogP contribution in [0.15, 0.2) is 41.3 Å². The van der Waals surface area contributed by atoms with Gasteiger partial charge in [-0.05, 0) is 31.2 Å². The number of benzene rings is 1. The summed E-state index contributed by atoms with van der Waals surface area (Å²) in [5, 5.41) is 0. The Morgan fingerprint density at radius 2 is 1.88 bits per heavy atom. The first-order chi connectivity index (χ1) is 7.83. The highest BCUT2D eigenvalue weighted by molar-refractivity contribution is 7.89. The number of sulfonamides is 1. The van der Waals surface area contributed by atoms with Crippen LogP contribution >= 0.6 is 0 Å². The first-order valence-corrected chi connectivity index (χ1v) is 6.35. The molecule has 0 radical (unpaired) electrons. The van der Waals surface area contributed by atoms with Gasteiger partial charge in [0.2, 0.25) is 15.9 Å². The SMILES string of the molecule is C=C(C)CNS(=O)(=O)c1ccc(C(N)=O)cc1. The molecule has 6 heteroatoms. The van der Waals surface area contributed by atoms with Crippen LogP contribution in [0.5, 0.6) is 0 Å². The summed E-state index contributed by atoms with van der Waals surface area (Å²) < 4.78 is 25.9. The molecule has 92 valence electrons. The van der Waals surface area contributed by atoms with E-state index in [9.17, 15) is 13.2 Å². The molecule has 0 spiro atoms. The molecule has 0 fully saturated rings. The highest BCUT2D eigenvalue weighted by atomic mass is 32.2. The number of hydrogen-bond acceptors (Lipinski definition) is 3. The zero-order chi connectivity index (χ0) is 13.1. The van der Waals surface area contributed by atoms with Gasteiger partial charge < -0.3 is 5.73 Å². The van der Waals surface area contributed by atoms with E-state index in [0.29, 0.717) is 5.57 Å². The van der Waals surface area contributed by atoms with Crippen LogP contribution in [-0.2, 0) is 10.0 Å². The van der Waals surface area contributed by atoms with Gasteiger partial charge in [-0.2, -0.15) is 0 Å². The third-order valence-corrected chi connectivity index (χ3v) is 3.43. The Balaban J connectivity index is 2.92. The Bertz CT molecular complexity index is 532.